The first kappa shape index (κ1) is 18.6. The first-order valence-corrected chi connectivity index (χ1v) is 9.41. The van der Waals surface area contributed by atoms with Crippen LogP contribution in [0.3, 0.4) is 0 Å². The van der Waals surface area contributed by atoms with Gasteiger partial charge in [0.25, 0.3) is 5.91 Å². The molecule has 0 saturated carbocycles. The highest BCUT2D eigenvalue weighted by molar-refractivity contribution is 7.13. The number of carbonyl (C=O) groups excluding carboxylic acids is 1. The number of rotatable bonds is 3. The van der Waals surface area contributed by atoms with Crippen LogP contribution in [-0.4, -0.2) is 27.5 Å². The standard InChI is InChI=1S/C18H15F3N4O2S/c19-18(20,21)10-4-1-3-9-13(10)24-14(11-5-2-6-22-11)12(15(9)26)16(27)25-17-23-7-8-28-17/h1,3-4,7-8,11,22H,2,5-6H2,(H,24,26)(H,23,25,27)/t11-/m0/s1. The summed E-state index contributed by atoms with van der Waals surface area (Å²) in [7, 11) is 0. The number of amides is 1. The third-order valence-electron chi connectivity index (χ3n) is 4.59. The van der Waals surface area contributed by atoms with Crippen molar-refractivity contribution in [3.05, 3.63) is 46.6 Å². The topological polar surface area (TPSA) is 87.1 Å². The van der Waals surface area contributed by atoms with Crippen LogP contribution in [0, 0.1) is 0 Å². The number of aromatic nitrogens is 2. The number of nitrogens with one attached hydrogen (secondary N) is 2. The maximum atomic E-state index is 13.4. The number of pyridine rings is 1. The van der Waals surface area contributed by atoms with Crippen LogP contribution < -0.4 is 10.6 Å². The second kappa shape index (κ2) is 7.02. The van der Waals surface area contributed by atoms with E-state index < -0.39 is 29.4 Å². The van der Waals surface area contributed by atoms with Gasteiger partial charge >= 0.3 is 6.18 Å². The van der Waals surface area contributed by atoms with Gasteiger partial charge in [0.1, 0.15) is 11.3 Å². The number of aromatic hydroxyl groups is 1. The molecule has 1 atom stereocenters. The number of benzene rings is 1. The van der Waals surface area contributed by atoms with Crippen molar-refractivity contribution in [2.45, 2.75) is 25.1 Å². The highest BCUT2D eigenvalue weighted by atomic mass is 32.1. The number of hydrogen-bond donors (Lipinski definition) is 3. The molecule has 3 N–H and O–H groups in total. The van der Waals surface area contributed by atoms with Crippen LogP contribution in [0.25, 0.3) is 10.9 Å². The summed E-state index contributed by atoms with van der Waals surface area (Å²) in [5.41, 5.74) is -1.36. The van der Waals surface area contributed by atoms with E-state index in [1.54, 1.807) is 5.38 Å². The van der Waals surface area contributed by atoms with Crippen molar-refractivity contribution in [3.8, 4) is 5.75 Å². The number of thiazole rings is 1. The average Bonchev–Trinajstić information content (AvgIpc) is 3.34. The van der Waals surface area contributed by atoms with Gasteiger partial charge in [-0.05, 0) is 31.5 Å². The maximum Gasteiger partial charge on any atom is 0.418 e. The number of para-hydroxylation sites is 1. The smallest absolute Gasteiger partial charge is 0.418 e. The molecule has 0 unspecified atom stereocenters. The van der Waals surface area contributed by atoms with Crippen LogP contribution in [0.1, 0.15) is 40.5 Å². The molecule has 10 heteroatoms. The summed E-state index contributed by atoms with van der Waals surface area (Å²) < 4.78 is 40.3. The molecule has 146 valence electrons. The Morgan fingerprint density at radius 3 is 2.82 bits per heavy atom. The molecule has 1 aliphatic rings. The molecule has 2 aromatic heterocycles. The molecular weight excluding hydrogens is 393 g/mol. The fraction of sp³-hybridized carbons (Fsp3) is 0.278. The molecule has 0 aliphatic carbocycles. The van der Waals surface area contributed by atoms with Gasteiger partial charge in [0, 0.05) is 17.0 Å². The van der Waals surface area contributed by atoms with E-state index in [4.69, 9.17) is 0 Å². The molecule has 6 nitrogen and oxygen atoms in total. The molecule has 3 heterocycles. The van der Waals surface area contributed by atoms with Gasteiger partial charge in [-0.1, -0.05) is 6.07 Å². The van der Waals surface area contributed by atoms with E-state index in [9.17, 15) is 23.1 Å². The SMILES string of the molecule is O=C(Nc1nccs1)c1c([C@@H]2CCCN2)nc2c(C(F)(F)F)cccc2c1O. The highest BCUT2D eigenvalue weighted by Crippen LogP contribution is 2.40. The van der Waals surface area contributed by atoms with Gasteiger partial charge < -0.3 is 10.4 Å². The van der Waals surface area contributed by atoms with Crippen LogP contribution in [0.2, 0.25) is 0 Å². The molecule has 3 aromatic rings. The van der Waals surface area contributed by atoms with Crippen LogP contribution in [0.5, 0.6) is 5.75 Å². The molecule has 0 bridgehead atoms. The van der Waals surface area contributed by atoms with E-state index >= 15 is 0 Å². The number of alkyl halides is 3. The lowest BCUT2D eigenvalue weighted by atomic mass is 9.99. The van der Waals surface area contributed by atoms with E-state index in [1.807, 2.05) is 0 Å². The summed E-state index contributed by atoms with van der Waals surface area (Å²) in [4.78, 5) is 21.0. The Labute approximate surface area is 161 Å². The minimum atomic E-state index is -4.63. The van der Waals surface area contributed by atoms with Gasteiger partial charge in [0.15, 0.2) is 5.13 Å². The Bertz CT molecular complexity index is 1030. The van der Waals surface area contributed by atoms with Gasteiger partial charge in [-0.25, -0.2) is 9.97 Å². The molecule has 28 heavy (non-hydrogen) atoms. The second-order valence-corrected chi connectivity index (χ2v) is 7.26. The zero-order chi connectivity index (χ0) is 19.9. The largest absolute Gasteiger partial charge is 0.506 e. The molecule has 0 spiro atoms. The lowest BCUT2D eigenvalue weighted by Gasteiger charge is -2.19. The van der Waals surface area contributed by atoms with E-state index in [-0.39, 0.29) is 22.2 Å². The first-order valence-electron chi connectivity index (χ1n) is 8.53. The fourth-order valence-electron chi connectivity index (χ4n) is 3.35. The summed E-state index contributed by atoms with van der Waals surface area (Å²) in [5.74, 6) is -1.18. The van der Waals surface area contributed by atoms with E-state index in [2.05, 4.69) is 20.6 Å². The van der Waals surface area contributed by atoms with Crippen molar-refractivity contribution in [1.29, 1.82) is 0 Å². The highest BCUT2D eigenvalue weighted by Gasteiger charge is 2.36. The molecular formula is C18H15F3N4O2S. The van der Waals surface area contributed by atoms with Crippen molar-refractivity contribution in [2.24, 2.45) is 0 Å². The minimum Gasteiger partial charge on any atom is -0.506 e. The number of fused-ring (bicyclic) bond motifs is 1. The van der Waals surface area contributed by atoms with Gasteiger partial charge in [-0.2, -0.15) is 13.2 Å². The maximum absolute atomic E-state index is 13.4. The molecule has 0 radical (unpaired) electrons. The summed E-state index contributed by atoms with van der Waals surface area (Å²) >= 11 is 1.19. The van der Waals surface area contributed by atoms with Gasteiger partial charge in [-0.15, -0.1) is 11.3 Å². The summed E-state index contributed by atoms with van der Waals surface area (Å²) in [5, 5.41) is 18.3. The fourth-order valence-corrected chi connectivity index (χ4v) is 3.88. The molecule has 1 fully saturated rings. The monoisotopic (exact) mass is 408 g/mol. The predicted octanol–water partition coefficient (Wildman–Crippen LogP) is 4.09. The number of halogens is 3. The minimum absolute atomic E-state index is 0.105. The third kappa shape index (κ3) is 3.29. The van der Waals surface area contributed by atoms with Crippen LogP contribution in [0.4, 0.5) is 18.3 Å². The van der Waals surface area contributed by atoms with Crippen molar-refractivity contribution in [3.63, 3.8) is 0 Å². The first-order chi connectivity index (χ1) is 13.4. The van der Waals surface area contributed by atoms with Crippen molar-refractivity contribution < 1.29 is 23.1 Å². The van der Waals surface area contributed by atoms with Crippen LogP contribution in [-0.2, 0) is 6.18 Å². The van der Waals surface area contributed by atoms with Crippen LogP contribution in [0.15, 0.2) is 29.8 Å². The summed E-state index contributed by atoms with van der Waals surface area (Å²) in [6.07, 6.45) is -1.74. The molecule has 1 saturated heterocycles. The van der Waals surface area contributed by atoms with Gasteiger partial charge in [0.05, 0.1) is 22.8 Å². The Morgan fingerprint density at radius 1 is 1.36 bits per heavy atom. The summed E-state index contributed by atoms with van der Waals surface area (Å²) in [6, 6.07) is 2.99. The lowest BCUT2D eigenvalue weighted by molar-refractivity contribution is -0.136. The van der Waals surface area contributed by atoms with Gasteiger partial charge in [-0.3, -0.25) is 10.1 Å². The second-order valence-electron chi connectivity index (χ2n) is 6.36. The predicted molar refractivity (Wildman–Crippen MR) is 98.5 cm³/mol. The number of nitrogens with zero attached hydrogens (tertiary/aromatic N) is 2. The Hall–Kier alpha value is -2.72. The Balaban J connectivity index is 1.93. The molecule has 1 amide bonds. The number of carbonyl (C=O) groups is 1. The van der Waals surface area contributed by atoms with Crippen LogP contribution >= 0.6 is 11.3 Å². The molecule has 1 aliphatic heterocycles. The molecule has 1 aromatic carbocycles. The van der Waals surface area contributed by atoms with E-state index in [0.717, 1.165) is 12.5 Å². The lowest BCUT2D eigenvalue weighted by Crippen LogP contribution is -2.22. The quantitative estimate of drug-likeness (QED) is 0.608. The average molecular weight is 408 g/mol. The summed E-state index contributed by atoms with van der Waals surface area (Å²) in [6.45, 7) is 0.652. The molecule has 4 rings (SSSR count). The van der Waals surface area contributed by atoms with Gasteiger partial charge in [0.2, 0.25) is 0 Å². The van der Waals surface area contributed by atoms with Crippen molar-refractivity contribution >= 4 is 33.3 Å². The number of anilines is 1. The number of hydrogen-bond acceptors (Lipinski definition) is 6. The Kier molecular flexibility index (Phi) is 4.68. The Morgan fingerprint density at radius 2 is 2.18 bits per heavy atom. The normalized spacial score (nSPS) is 17.2. The third-order valence-corrected chi connectivity index (χ3v) is 5.28. The zero-order valence-corrected chi connectivity index (χ0v) is 15.2. The van der Waals surface area contributed by atoms with E-state index in [0.29, 0.717) is 18.1 Å². The van der Waals surface area contributed by atoms with Crippen molar-refractivity contribution in [1.82, 2.24) is 15.3 Å². The van der Waals surface area contributed by atoms with E-state index in [1.165, 1.54) is 29.7 Å². The zero-order valence-electron chi connectivity index (χ0n) is 14.4. The van der Waals surface area contributed by atoms with Crippen molar-refractivity contribution in [2.75, 3.05) is 11.9 Å².